The van der Waals surface area contributed by atoms with Crippen LogP contribution in [0, 0.1) is 11.8 Å². The van der Waals surface area contributed by atoms with E-state index in [1.165, 1.54) is 57.4 Å². The molecule has 1 unspecified atom stereocenters. The summed E-state index contributed by atoms with van der Waals surface area (Å²) in [5, 5.41) is 15.7. The largest absolute Gasteiger partial charge is 0.487 e. The molecule has 2 fully saturated rings. The monoisotopic (exact) mass is 460 g/mol. The van der Waals surface area contributed by atoms with Gasteiger partial charge in [-0.15, -0.1) is 0 Å². The number of aliphatic hydroxyl groups excluding tert-OH is 1. The Kier molecular flexibility index (Phi) is 7.31. The molecule has 2 aromatic carbocycles. The first-order valence-electron chi connectivity index (χ1n) is 12.9. The van der Waals surface area contributed by atoms with Gasteiger partial charge in [-0.1, -0.05) is 74.9 Å². The molecule has 0 aliphatic heterocycles. The number of aromatic amines is 1. The molecule has 2 saturated carbocycles. The van der Waals surface area contributed by atoms with E-state index in [-0.39, 0.29) is 5.56 Å². The van der Waals surface area contributed by atoms with Crippen LogP contribution in [0.15, 0.2) is 59.4 Å². The van der Waals surface area contributed by atoms with Gasteiger partial charge in [0.25, 0.3) is 0 Å². The number of pyridine rings is 1. The fourth-order valence-electron chi connectivity index (χ4n) is 6.14. The van der Waals surface area contributed by atoms with Gasteiger partial charge in [0.2, 0.25) is 5.56 Å². The first-order valence-corrected chi connectivity index (χ1v) is 12.9. The number of aliphatic hydroxyl groups is 1. The normalized spacial score (nSPS) is 22.1. The van der Waals surface area contributed by atoms with E-state index >= 15 is 0 Å². The van der Waals surface area contributed by atoms with E-state index in [2.05, 4.69) is 10.3 Å². The SMILES string of the molecule is O=c1ccc2c([C@@H](O)CNC3CCC[C@H]3C3CCCCC3)ccc(OCc3ccccc3)c2[nH]1. The minimum atomic E-state index is -0.649. The number of fused-ring (bicyclic) bond motifs is 1. The van der Waals surface area contributed by atoms with E-state index in [0.717, 1.165) is 28.3 Å². The van der Waals surface area contributed by atoms with Crippen molar-refractivity contribution in [3.63, 3.8) is 0 Å². The maximum absolute atomic E-state index is 12.1. The molecule has 5 nitrogen and oxygen atoms in total. The molecule has 2 aliphatic rings. The molecule has 0 radical (unpaired) electrons. The Labute approximate surface area is 201 Å². The van der Waals surface area contributed by atoms with E-state index in [4.69, 9.17) is 4.74 Å². The second kappa shape index (κ2) is 10.7. The fraction of sp³-hybridized carbons (Fsp3) is 0.483. The van der Waals surface area contributed by atoms with Crippen molar-refractivity contribution in [3.05, 3.63) is 76.1 Å². The molecule has 5 rings (SSSR count). The van der Waals surface area contributed by atoms with Crippen LogP contribution in [0.5, 0.6) is 5.75 Å². The second-order valence-corrected chi connectivity index (χ2v) is 10.1. The highest BCUT2D eigenvalue weighted by Crippen LogP contribution is 2.40. The maximum atomic E-state index is 12.1. The zero-order valence-corrected chi connectivity index (χ0v) is 19.8. The van der Waals surface area contributed by atoms with Gasteiger partial charge in [0, 0.05) is 24.0 Å². The Balaban J connectivity index is 1.30. The van der Waals surface area contributed by atoms with Gasteiger partial charge in [-0.2, -0.15) is 0 Å². The third kappa shape index (κ3) is 5.21. The van der Waals surface area contributed by atoms with Crippen LogP contribution < -0.4 is 15.6 Å². The third-order valence-electron chi connectivity index (χ3n) is 7.88. The van der Waals surface area contributed by atoms with Gasteiger partial charge >= 0.3 is 0 Å². The predicted molar refractivity (Wildman–Crippen MR) is 136 cm³/mol. The smallest absolute Gasteiger partial charge is 0.248 e. The van der Waals surface area contributed by atoms with Crippen LogP contribution in [0.1, 0.15) is 68.6 Å². The van der Waals surface area contributed by atoms with Crippen molar-refractivity contribution in [2.75, 3.05) is 6.54 Å². The highest BCUT2D eigenvalue weighted by molar-refractivity contribution is 5.87. The molecule has 5 heteroatoms. The number of nitrogens with one attached hydrogen (secondary N) is 2. The van der Waals surface area contributed by atoms with Crippen LogP contribution in [-0.2, 0) is 6.61 Å². The number of H-pyrrole nitrogens is 1. The molecule has 3 N–H and O–H groups in total. The molecule has 0 amide bonds. The number of hydrogen-bond acceptors (Lipinski definition) is 4. The first kappa shape index (κ1) is 23.1. The molecule has 2 aliphatic carbocycles. The minimum Gasteiger partial charge on any atom is -0.487 e. The van der Waals surface area contributed by atoms with Gasteiger partial charge < -0.3 is 20.1 Å². The van der Waals surface area contributed by atoms with Crippen molar-refractivity contribution in [1.29, 1.82) is 0 Å². The highest BCUT2D eigenvalue weighted by Gasteiger charge is 2.34. The van der Waals surface area contributed by atoms with Crippen molar-refractivity contribution in [2.45, 2.75) is 70.1 Å². The van der Waals surface area contributed by atoms with Crippen LogP contribution in [0.2, 0.25) is 0 Å². The first-order chi connectivity index (χ1) is 16.7. The zero-order chi connectivity index (χ0) is 23.3. The number of rotatable bonds is 8. The minimum absolute atomic E-state index is 0.178. The molecule has 34 heavy (non-hydrogen) atoms. The summed E-state index contributed by atoms with van der Waals surface area (Å²) in [6.45, 7) is 0.937. The van der Waals surface area contributed by atoms with E-state index < -0.39 is 6.10 Å². The van der Waals surface area contributed by atoms with Crippen molar-refractivity contribution in [3.8, 4) is 5.75 Å². The van der Waals surface area contributed by atoms with Crippen molar-refractivity contribution >= 4 is 10.9 Å². The molecule has 1 aromatic heterocycles. The standard InChI is InChI=1S/C29H36N2O3/c32-26(18-30-25-13-7-12-22(25)21-10-5-2-6-11-21)23-14-16-27(29-24(23)15-17-28(33)31-29)34-19-20-8-3-1-4-9-20/h1,3-4,8-9,14-17,21-22,25-26,30,32H,2,5-7,10-13,18-19H2,(H,31,33)/t22-,25?,26-/m0/s1. The Morgan fingerprint density at radius 3 is 2.59 bits per heavy atom. The summed E-state index contributed by atoms with van der Waals surface area (Å²) >= 11 is 0. The molecule has 0 bridgehead atoms. The zero-order valence-electron chi connectivity index (χ0n) is 19.8. The average molecular weight is 461 g/mol. The van der Waals surface area contributed by atoms with Crippen LogP contribution in [0.4, 0.5) is 0 Å². The average Bonchev–Trinajstić information content (AvgIpc) is 3.35. The van der Waals surface area contributed by atoms with Crippen molar-refractivity contribution in [2.24, 2.45) is 11.8 Å². The summed E-state index contributed by atoms with van der Waals surface area (Å²) in [5.41, 5.74) is 2.34. The topological polar surface area (TPSA) is 74.3 Å². The summed E-state index contributed by atoms with van der Waals surface area (Å²) < 4.78 is 6.05. The lowest BCUT2D eigenvalue weighted by atomic mass is 9.77. The summed E-state index contributed by atoms with van der Waals surface area (Å²) in [5.74, 6) is 2.21. The van der Waals surface area contributed by atoms with Gasteiger partial charge in [0.1, 0.15) is 12.4 Å². The maximum Gasteiger partial charge on any atom is 0.248 e. The Bertz CT molecular complexity index is 1140. The van der Waals surface area contributed by atoms with Gasteiger partial charge in [-0.3, -0.25) is 4.79 Å². The Morgan fingerprint density at radius 2 is 1.76 bits per heavy atom. The number of aromatic nitrogens is 1. The quantitative estimate of drug-likeness (QED) is 0.416. The summed E-state index contributed by atoms with van der Waals surface area (Å²) in [4.78, 5) is 15.0. The van der Waals surface area contributed by atoms with E-state index in [0.29, 0.717) is 30.5 Å². The predicted octanol–water partition coefficient (Wildman–Crippen LogP) is 5.48. The molecule has 0 saturated heterocycles. The van der Waals surface area contributed by atoms with Gasteiger partial charge in [0.15, 0.2) is 0 Å². The van der Waals surface area contributed by atoms with Gasteiger partial charge in [-0.25, -0.2) is 0 Å². The van der Waals surface area contributed by atoms with E-state index in [1.807, 2.05) is 42.5 Å². The van der Waals surface area contributed by atoms with Gasteiger partial charge in [0.05, 0.1) is 11.6 Å². The Morgan fingerprint density at radius 1 is 0.941 bits per heavy atom. The molecule has 3 atom stereocenters. The molecule has 0 spiro atoms. The van der Waals surface area contributed by atoms with E-state index in [9.17, 15) is 9.90 Å². The molecule has 3 aromatic rings. The fourth-order valence-corrected chi connectivity index (χ4v) is 6.14. The van der Waals surface area contributed by atoms with Crippen molar-refractivity contribution in [1.82, 2.24) is 10.3 Å². The summed E-state index contributed by atoms with van der Waals surface area (Å²) in [6, 6.07) is 17.6. The molecule has 1 heterocycles. The molecule has 180 valence electrons. The van der Waals surface area contributed by atoms with Crippen LogP contribution in [0.3, 0.4) is 0 Å². The Hall–Kier alpha value is -2.63. The second-order valence-electron chi connectivity index (χ2n) is 10.1. The highest BCUT2D eigenvalue weighted by atomic mass is 16.5. The molecular weight excluding hydrogens is 424 g/mol. The van der Waals surface area contributed by atoms with Crippen LogP contribution in [-0.4, -0.2) is 22.7 Å². The number of ether oxygens (including phenoxy) is 1. The number of benzene rings is 2. The lowest BCUT2D eigenvalue weighted by molar-refractivity contribution is 0.155. The molecular formula is C29H36N2O3. The lowest BCUT2D eigenvalue weighted by Gasteiger charge is -2.32. The van der Waals surface area contributed by atoms with E-state index in [1.54, 1.807) is 6.07 Å². The van der Waals surface area contributed by atoms with Crippen molar-refractivity contribution < 1.29 is 9.84 Å². The van der Waals surface area contributed by atoms with Crippen LogP contribution in [0.25, 0.3) is 10.9 Å². The summed E-state index contributed by atoms with van der Waals surface area (Å²) in [6.07, 6.45) is 10.0. The summed E-state index contributed by atoms with van der Waals surface area (Å²) in [7, 11) is 0. The van der Waals surface area contributed by atoms with Crippen LogP contribution >= 0.6 is 0 Å². The third-order valence-corrected chi connectivity index (χ3v) is 7.88. The lowest BCUT2D eigenvalue weighted by Crippen LogP contribution is -2.38. The van der Waals surface area contributed by atoms with Gasteiger partial charge in [-0.05, 0) is 47.9 Å². The number of hydrogen-bond donors (Lipinski definition) is 3.